The third kappa shape index (κ3) is 11.0. The molecule has 0 fully saturated rings. The molecule has 0 amide bonds. The number of hydrogen-bond acceptors (Lipinski definition) is 4. The number of thiocarbonyl (C=S) groups is 2. The van der Waals surface area contributed by atoms with E-state index in [0.717, 1.165) is 20.1 Å². The average Bonchev–Trinajstić information content (AvgIpc) is 3.26. The fourth-order valence-corrected chi connectivity index (χ4v) is 7.73. The highest BCUT2D eigenvalue weighted by atomic mass is 32.2. The van der Waals surface area contributed by atoms with Crippen molar-refractivity contribution in [3.8, 4) is 0 Å². The lowest BCUT2D eigenvalue weighted by molar-refractivity contribution is 0.411. The number of nitrogens with zero attached hydrogens (tertiary/aromatic N) is 3. The summed E-state index contributed by atoms with van der Waals surface area (Å²) < 4.78 is 4.73. The van der Waals surface area contributed by atoms with Crippen molar-refractivity contribution < 1.29 is 0 Å². The fraction of sp³-hybridized carbons (Fsp3) is 0.600. The van der Waals surface area contributed by atoms with Crippen LogP contribution in [-0.2, 0) is 0 Å². The van der Waals surface area contributed by atoms with E-state index in [-0.39, 0.29) is 0 Å². The molecule has 0 saturated heterocycles. The fourth-order valence-electron chi connectivity index (χ4n) is 5.67. The highest BCUT2D eigenvalue weighted by Crippen LogP contribution is 2.37. The topological polar surface area (TPSA) is 11.4 Å². The third-order valence-electron chi connectivity index (χ3n) is 8.03. The van der Waals surface area contributed by atoms with Crippen LogP contribution >= 0.6 is 48.0 Å². The molecule has 0 radical (unpaired) electrons. The summed E-state index contributed by atoms with van der Waals surface area (Å²) in [7, 11) is 8.14. The molecule has 7 heteroatoms. The van der Waals surface area contributed by atoms with Crippen LogP contribution in [0.1, 0.15) is 94.2 Å². The summed E-state index contributed by atoms with van der Waals surface area (Å²) in [5, 5.41) is 2.81. The van der Waals surface area contributed by atoms with Gasteiger partial charge in [-0.15, -0.1) is 0 Å². The Morgan fingerprint density at radius 1 is 0.619 bits per heavy atom. The van der Waals surface area contributed by atoms with E-state index >= 15 is 0 Å². The van der Waals surface area contributed by atoms with E-state index in [1.807, 2.05) is 61.5 Å². The minimum absolute atomic E-state index is 0.551. The first-order valence-corrected chi connectivity index (χ1v) is 18.7. The third-order valence-corrected chi connectivity index (χ3v) is 11.7. The van der Waals surface area contributed by atoms with E-state index in [4.69, 9.17) is 24.4 Å². The van der Waals surface area contributed by atoms with Gasteiger partial charge >= 0.3 is 0 Å². The van der Waals surface area contributed by atoms with Gasteiger partial charge in [-0.2, -0.15) is 0 Å². The summed E-state index contributed by atoms with van der Waals surface area (Å²) in [6.07, 6.45) is 15.5. The zero-order chi connectivity index (χ0) is 30.5. The molecule has 3 aromatic rings. The Labute approximate surface area is 275 Å². The predicted octanol–water partition coefficient (Wildman–Crippen LogP) is 10.8. The Morgan fingerprint density at radius 2 is 1.00 bits per heavy atom. The van der Waals surface area contributed by atoms with Crippen LogP contribution in [-0.4, -0.2) is 62.7 Å². The van der Waals surface area contributed by atoms with Crippen LogP contribution in [0.3, 0.4) is 0 Å². The van der Waals surface area contributed by atoms with Crippen LogP contribution in [0.4, 0.5) is 0 Å². The number of unbranched alkanes of at least 4 members (excludes halogenated alkanes) is 8. The van der Waals surface area contributed by atoms with Crippen LogP contribution in [0.15, 0.2) is 36.4 Å². The van der Waals surface area contributed by atoms with Gasteiger partial charge < -0.3 is 14.4 Å². The average molecular weight is 644 g/mol. The molecule has 1 heterocycles. The highest BCUT2D eigenvalue weighted by molar-refractivity contribution is 8.23. The summed E-state index contributed by atoms with van der Waals surface area (Å²) in [6.45, 7) is 4.46. The zero-order valence-electron chi connectivity index (χ0n) is 26.9. The second-order valence-electron chi connectivity index (χ2n) is 12.2. The molecule has 1 aromatic heterocycles. The number of benzene rings is 2. The summed E-state index contributed by atoms with van der Waals surface area (Å²) in [4.78, 5) is 4.08. The van der Waals surface area contributed by atoms with E-state index in [1.54, 1.807) is 0 Å². The van der Waals surface area contributed by atoms with Crippen molar-refractivity contribution in [1.29, 1.82) is 0 Å². The number of hydrogen-bond donors (Lipinski definition) is 0. The van der Waals surface area contributed by atoms with E-state index in [0.29, 0.717) is 6.04 Å². The van der Waals surface area contributed by atoms with Crippen LogP contribution in [0.25, 0.3) is 21.8 Å². The maximum Gasteiger partial charge on any atom is 0.135 e. The first-order chi connectivity index (χ1) is 20.2. The molecular formula is C35H53N3S4. The molecule has 0 N–H and O–H groups in total. The largest absolute Gasteiger partial charge is 0.364 e. The predicted molar refractivity (Wildman–Crippen MR) is 201 cm³/mol. The van der Waals surface area contributed by atoms with Crippen LogP contribution in [0.2, 0.25) is 0 Å². The Kier molecular flexibility index (Phi) is 15.5. The Hall–Kier alpha value is -1.28. The van der Waals surface area contributed by atoms with Crippen LogP contribution < -0.4 is 0 Å². The molecule has 0 unspecified atom stereocenters. The minimum Gasteiger partial charge on any atom is -0.364 e. The summed E-state index contributed by atoms with van der Waals surface area (Å²) in [5.41, 5.74) is 5.53. The van der Waals surface area contributed by atoms with Crippen molar-refractivity contribution in [3.63, 3.8) is 0 Å². The van der Waals surface area contributed by atoms with Crippen molar-refractivity contribution in [2.75, 3.05) is 39.7 Å². The number of aromatic nitrogens is 1. The molecular weight excluding hydrogens is 591 g/mol. The molecule has 42 heavy (non-hydrogen) atoms. The molecule has 2 aromatic carbocycles. The molecule has 232 valence electrons. The van der Waals surface area contributed by atoms with E-state index < -0.39 is 0 Å². The molecule has 0 spiro atoms. The number of rotatable bonds is 17. The molecule has 0 aliphatic rings. The van der Waals surface area contributed by atoms with E-state index in [2.05, 4.69) is 54.8 Å². The number of thioether (sulfide) groups is 2. The normalized spacial score (nSPS) is 11.6. The van der Waals surface area contributed by atoms with Gasteiger partial charge in [-0.1, -0.05) is 124 Å². The van der Waals surface area contributed by atoms with Crippen molar-refractivity contribution in [1.82, 2.24) is 14.4 Å². The number of fused-ring (bicyclic) bond motifs is 3. The second kappa shape index (κ2) is 18.5. The molecule has 0 saturated carbocycles. The first kappa shape index (κ1) is 35.2. The molecule has 0 atom stereocenters. The van der Waals surface area contributed by atoms with Crippen molar-refractivity contribution in [2.45, 2.75) is 96.9 Å². The molecule has 3 nitrogen and oxygen atoms in total. The quantitative estimate of drug-likeness (QED) is 0.106. The van der Waals surface area contributed by atoms with Gasteiger partial charge in [-0.3, -0.25) is 0 Å². The summed E-state index contributed by atoms with van der Waals surface area (Å²) in [5.74, 6) is 2.28. The number of aryl methyl sites for hydroxylation is 2. The minimum atomic E-state index is 0.551. The lowest BCUT2D eigenvalue weighted by Crippen LogP contribution is -2.16. The van der Waals surface area contributed by atoms with Gasteiger partial charge in [0.15, 0.2) is 0 Å². The van der Waals surface area contributed by atoms with Crippen molar-refractivity contribution in [2.24, 2.45) is 0 Å². The van der Waals surface area contributed by atoms with E-state index in [1.165, 1.54) is 110 Å². The molecule has 0 aliphatic carbocycles. The lowest BCUT2D eigenvalue weighted by Gasteiger charge is -2.22. The van der Waals surface area contributed by atoms with Gasteiger partial charge in [0, 0.05) is 67.5 Å². The highest BCUT2D eigenvalue weighted by Gasteiger charge is 2.19. The van der Waals surface area contributed by atoms with Gasteiger partial charge in [-0.25, -0.2) is 0 Å². The lowest BCUT2D eigenvalue weighted by atomic mass is 9.99. The smallest absolute Gasteiger partial charge is 0.135 e. The van der Waals surface area contributed by atoms with Gasteiger partial charge in [0.25, 0.3) is 0 Å². The summed E-state index contributed by atoms with van der Waals surface area (Å²) >= 11 is 14.5. The molecule has 0 aliphatic heterocycles. The molecule has 3 rings (SSSR count). The van der Waals surface area contributed by atoms with Gasteiger partial charge in [-0.05, 0) is 62.8 Å². The maximum atomic E-state index is 5.42. The van der Waals surface area contributed by atoms with Crippen molar-refractivity contribution in [3.05, 3.63) is 47.5 Å². The Morgan fingerprint density at radius 3 is 1.40 bits per heavy atom. The second-order valence-corrected chi connectivity index (χ2v) is 15.7. The first-order valence-electron chi connectivity index (χ1n) is 15.9. The van der Waals surface area contributed by atoms with E-state index in [9.17, 15) is 0 Å². The van der Waals surface area contributed by atoms with Gasteiger partial charge in [0.2, 0.25) is 0 Å². The van der Waals surface area contributed by atoms with Crippen LogP contribution in [0, 0.1) is 13.8 Å². The van der Waals surface area contributed by atoms with Crippen LogP contribution in [0.5, 0.6) is 0 Å². The van der Waals surface area contributed by atoms with Gasteiger partial charge in [0.1, 0.15) is 8.64 Å². The Balaban J connectivity index is 1.60. The van der Waals surface area contributed by atoms with Crippen molar-refractivity contribution >= 4 is 78.4 Å². The SMILES string of the molecule is Cc1ccc2c3ccc(C)cc3n(C(CCCCCCCSC(=S)N(C)C)CCCCCCCSC(=S)N(C)C)c2c1. The monoisotopic (exact) mass is 643 g/mol. The van der Waals surface area contributed by atoms with Gasteiger partial charge in [0.05, 0.1) is 0 Å². The Bertz CT molecular complexity index is 1180. The molecule has 0 bridgehead atoms. The standard InChI is InChI=1S/C35H53N3S4/c1-27-19-21-30-31-22-20-28(2)26-33(31)38(32(30)25-27)29(17-13-9-7-11-15-23-41-34(39)36(3)4)18-14-10-8-12-16-24-42-35(40)37(5)6/h19-22,25-26,29H,7-18,23-24H2,1-6H3. The summed E-state index contributed by atoms with van der Waals surface area (Å²) in [6, 6.07) is 14.6. The zero-order valence-corrected chi connectivity index (χ0v) is 30.2. The maximum absolute atomic E-state index is 5.42.